The van der Waals surface area contributed by atoms with Crippen LogP contribution in [0.4, 0.5) is 0 Å². The molecule has 0 aromatic heterocycles. The number of carbonyl (C=O) groups excluding carboxylic acids is 1. The second-order valence-corrected chi connectivity index (χ2v) is 6.54. The highest BCUT2D eigenvalue weighted by molar-refractivity contribution is 5.87. The maximum Gasteiger partial charge on any atom is 0.329 e. The molecule has 20 heavy (non-hydrogen) atoms. The molecular weight excluding hydrogens is 254 g/mol. The fraction of sp³-hybridized carbons (Fsp3) is 0.875. The Labute approximate surface area is 121 Å². The van der Waals surface area contributed by atoms with Gasteiger partial charge in [0, 0.05) is 6.42 Å². The summed E-state index contributed by atoms with van der Waals surface area (Å²) < 4.78 is 0. The quantitative estimate of drug-likeness (QED) is 0.785. The van der Waals surface area contributed by atoms with Crippen LogP contribution in [0.15, 0.2) is 0 Å². The van der Waals surface area contributed by atoms with Crippen LogP contribution in [0.25, 0.3) is 0 Å². The van der Waals surface area contributed by atoms with Gasteiger partial charge in [-0.15, -0.1) is 0 Å². The summed E-state index contributed by atoms with van der Waals surface area (Å²) in [6.07, 6.45) is 12.1. The molecule has 2 aliphatic rings. The molecule has 2 saturated carbocycles. The van der Waals surface area contributed by atoms with Crippen molar-refractivity contribution in [2.75, 3.05) is 0 Å². The third kappa shape index (κ3) is 3.97. The van der Waals surface area contributed by atoms with Crippen molar-refractivity contribution in [1.82, 2.24) is 5.32 Å². The number of hydrogen-bond donors (Lipinski definition) is 2. The molecular formula is C16H27NO3. The van der Waals surface area contributed by atoms with Crippen LogP contribution in [0, 0.1) is 5.92 Å². The van der Waals surface area contributed by atoms with Gasteiger partial charge in [-0.25, -0.2) is 4.79 Å². The molecule has 2 aliphatic carbocycles. The van der Waals surface area contributed by atoms with Gasteiger partial charge in [0.1, 0.15) is 5.54 Å². The van der Waals surface area contributed by atoms with E-state index in [1.54, 1.807) is 0 Å². The largest absolute Gasteiger partial charge is 0.480 e. The van der Waals surface area contributed by atoms with Crippen molar-refractivity contribution in [3.63, 3.8) is 0 Å². The first-order chi connectivity index (χ1) is 9.62. The Hall–Kier alpha value is -1.06. The molecule has 0 aromatic rings. The Balaban J connectivity index is 1.70. The third-order valence-electron chi connectivity index (χ3n) is 4.99. The topological polar surface area (TPSA) is 66.4 Å². The van der Waals surface area contributed by atoms with E-state index in [4.69, 9.17) is 0 Å². The Morgan fingerprint density at radius 1 is 1.05 bits per heavy atom. The highest BCUT2D eigenvalue weighted by Gasteiger charge is 2.42. The van der Waals surface area contributed by atoms with Crippen molar-refractivity contribution in [3.05, 3.63) is 0 Å². The van der Waals surface area contributed by atoms with E-state index in [1.165, 1.54) is 32.1 Å². The van der Waals surface area contributed by atoms with Gasteiger partial charge in [0.05, 0.1) is 0 Å². The van der Waals surface area contributed by atoms with E-state index in [2.05, 4.69) is 5.32 Å². The molecule has 0 heterocycles. The van der Waals surface area contributed by atoms with Gasteiger partial charge in [-0.05, 0) is 31.6 Å². The highest BCUT2D eigenvalue weighted by Crippen LogP contribution is 2.30. The normalized spacial score (nSPS) is 22.6. The van der Waals surface area contributed by atoms with Gasteiger partial charge < -0.3 is 10.4 Å². The van der Waals surface area contributed by atoms with Gasteiger partial charge in [-0.3, -0.25) is 4.79 Å². The molecule has 0 aliphatic heterocycles. The van der Waals surface area contributed by atoms with Crippen molar-refractivity contribution in [3.8, 4) is 0 Å². The van der Waals surface area contributed by atoms with E-state index >= 15 is 0 Å². The summed E-state index contributed by atoms with van der Waals surface area (Å²) in [7, 11) is 0. The summed E-state index contributed by atoms with van der Waals surface area (Å²) >= 11 is 0. The van der Waals surface area contributed by atoms with Crippen LogP contribution in [0.1, 0.15) is 77.0 Å². The van der Waals surface area contributed by atoms with E-state index in [9.17, 15) is 14.7 Å². The van der Waals surface area contributed by atoms with Gasteiger partial charge in [0.15, 0.2) is 0 Å². The van der Waals surface area contributed by atoms with Crippen LogP contribution < -0.4 is 5.32 Å². The van der Waals surface area contributed by atoms with E-state index < -0.39 is 11.5 Å². The van der Waals surface area contributed by atoms with Gasteiger partial charge in [-0.2, -0.15) is 0 Å². The zero-order valence-corrected chi connectivity index (χ0v) is 12.3. The molecule has 2 fully saturated rings. The summed E-state index contributed by atoms with van der Waals surface area (Å²) in [5.74, 6) is -0.155. The zero-order valence-electron chi connectivity index (χ0n) is 12.3. The molecule has 1 amide bonds. The minimum absolute atomic E-state index is 0.0786. The first-order valence-electron chi connectivity index (χ1n) is 8.17. The standard InChI is InChI=1S/C16H27NO3/c18-14(10-6-9-13-7-2-1-3-8-13)17-16(15(19)20)11-4-5-12-16/h13H,1-12H2,(H,17,18)(H,19,20). The van der Waals surface area contributed by atoms with Crippen molar-refractivity contribution >= 4 is 11.9 Å². The molecule has 0 aromatic carbocycles. The average Bonchev–Trinajstić information content (AvgIpc) is 2.90. The first kappa shape index (κ1) is 15.3. The van der Waals surface area contributed by atoms with Gasteiger partial charge in [0.2, 0.25) is 5.91 Å². The Bertz CT molecular complexity index is 342. The minimum atomic E-state index is -0.970. The van der Waals surface area contributed by atoms with Crippen molar-refractivity contribution < 1.29 is 14.7 Å². The lowest BCUT2D eigenvalue weighted by Gasteiger charge is -2.25. The smallest absolute Gasteiger partial charge is 0.329 e. The monoisotopic (exact) mass is 281 g/mol. The molecule has 2 rings (SSSR count). The number of amides is 1. The van der Waals surface area contributed by atoms with E-state index in [0.717, 1.165) is 31.6 Å². The van der Waals surface area contributed by atoms with E-state index in [0.29, 0.717) is 19.3 Å². The van der Waals surface area contributed by atoms with Gasteiger partial charge in [0.25, 0.3) is 0 Å². The van der Waals surface area contributed by atoms with Crippen molar-refractivity contribution in [2.24, 2.45) is 5.92 Å². The highest BCUT2D eigenvalue weighted by atomic mass is 16.4. The van der Waals surface area contributed by atoms with Gasteiger partial charge in [-0.1, -0.05) is 44.9 Å². The predicted molar refractivity (Wildman–Crippen MR) is 77.4 cm³/mol. The molecule has 0 spiro atoms. The summed E-state index contributed by atoms with van der Waals surface area (Å²) in [6, 6.07) is 0. The van der Waals surface area contributed by atoms with E-state index in [1.807, 2.05) is 0 Å². The maximum atomic E-state index is 12.0. The van der Waals surface area contributed by atoms with Crippen LogP contribution in [-0.4, -0.2) is 22.5 Å². The fourth-order valence-corrected chi connectivity index (χ4v) is 3.73. The lowest BCUT2D eigenvalue weighted by atomic mass is 9.86. The molecule has 4 heteroatoms. The van der Waals surface area contributed by atoms with Crippen molar-refractivity contribution in [1.29, 1.82) is 0 Å². The fourth-order valence-electron chi connectivity index (χ4n) is 3.73. The molecule has 0 bridgehead atoms. The minimum Gasteiger partial charge on any atom is -0.480 e. The lowest BCUT2D eigenvalue weighted by Crippen LogP contribution is -2.52. The number of carboxylic acid groups (broad SMARTS) is 1. The second kappa shape index (κ2) is 7.09. The molecule has 114 valence electrons. The van der Waals surface area contributed by atoms with E-state index in [-0.39, 0.29) is 5.91 Å². The molecule has 0 unspecified atom stereocenters. The zero-order chi connectivity index (χ0) is 14.4. The summed E-state index contributed by atoms with van der Waals surface area (Å²) in [5, 5.41) is 12.1. The number of hydrogen-bond acceptors (Lipinski definition) is 2. The predicted octanol–water partition coefficient (Wildman–Crippen LogP) is 3.25. The molecule has 0 atom stereocenters. The Morgan fingerprint density at radius 2 is 1.70 bits per heavy atom. The molecule has 2 N–H and O–H groups in total. The summed E-state index contributed by atoms with van der Waals surface area (Å²) in [4.78, 5) is 23.3. The van der Waals surface area contributed by atoms with Crippen LogP contribution >= 0.6 is 0 Å². The Kier molecular flexibility index (Phi) is 5.44. The average molecular weight is 281 g/mol. The number of carbonyl (C=O) groups is 2. The SMILES string of the molecule is O=C(CCCC1CCCCC1)NC1(C(=O)O)CCCC1. The van der Waals surface area contributed by atoms with Crippen LogP contribution in [0.3, 0.4) is 0 Å². The van der Waals surface area contributed by atoms with Crippen LogP contribution in [0.5, 0.6) is 0 Å². The molecule has 0 radical (unpaired) electrons. The number of rotatable bonds is 6. The van der Waals surface area contributed by atoms with Crippen LogP contribution in [-0.2, 0) is 9.59 Å². The number of carboxylic acids is 1. The lowest BCUT2D eigenvalue weighted by molar-refractivity contribution is -0.147. The summed E-state index contributed by atoms with van der Waals surface area (Å²) in [5.41, 5.74) is -0.970. The number of nitrogens with one attached hydrogen (secondary N) is 1. The van der Waals surface area contributed by atoms with Crippen LogP contribution in [0.2, 0.25) is 0 Å². The van der Waals surface area contributed by atoms with Gasteiger partial charge >= 0.3 is 5.97 Å². The molecule has 0 saturated heterocycles. The number of aliphatic carboxylic acids is 1. The maximum absolute atomic E-state index is 12.0. The third-order valence-corrected chi connectivity index (χ3v) is 4.99. The Morgan fingerprint density at radius 3 is 2.30 bits per heavy atom. The second-order valence-electron chi connectivity index (χ2n) is 6.54. The summed E-state index contributed by atoms with van der Waals surface area (Å²) in [6.45, 7) is 0. The first-order valence-corrected chi connectivity index (χ1v) is 8.17. The molecule has 4 nitrogen and oxygen atoms in total. The van der Waals surface area contributed by atoms with Crippen molar-refractivity contribution in [2.45, 2.75) is 82.6 Å².